The zero-order valence-electron chi connectivity index (χ0n) is 48.4. The monoisotopic (exact) mass is 1130 g/mol. The summed E-state index contributed by atoms with van der Waals surface area (Å²) < 4.78 is 67.4. The van der Waals surface area contributed by atoms with E-state index in [0.717, 1.165) is 12.1 Å². The lowest BCUT2D eigenvalue weighted by atomic mass is 9.85. The van der Waals surface area contributed by atoms with E-state index in [1.807, 2.05) is 68.4 Å². The topological polar surface area (TPSA) is 375 Å². The Morgan fingerprint density at radius 2 is 1.20 bits per heavy atom. The molecule has 0 amide bonds. The summed E-state index contributed by atoms with van der Waals surface area (Å²) in [6, 6.07) is 2.55. The minimum Gasteiger partial charge on any atom is -0.458 e. The van der Waals surface area contributed by atoms with Gasteiger partial charge in [0.1, 0.15) is 30.5 Å². The van der Waals surface area contributed by atoms with E-state index in [2.05, 4.69) is 48.8 Å². The Bertz CT molecular complexity index is 2450. The molecule has 1 N–H and O–H groups in total. The molecule has 20 atom stereocenters. The van der Waals surface area contributed by atoms with Gasteiger partial charge in [-0.15, -0.1) is 17.4 Å². The van der Waals surface area contributed by atoms with Crippen molar-refractivity contribution in [1.82, 2.24) is 15.0 Å². The molecule has 0 aliphatic carbocycles. The summed E-state index contributed by atoms with van der Waals surface area (Å²) >= 11 is 0. The normalized spacial score (nSPS) is 35.9. The van der Waals surface area contributed by atoms with E-state index in [-0.39, 0.29) is 48.2 Å². The number of rotatable bonds is 11. The van der Waals surface area contributed by atoms with Crippen LogP contribution < -0.4 is 0 Å². The molecule has 7 rings (SSSR count). The van der Waals surface area contributed by atoms with E-state index < -0.39 is 109 Å². The third-order valence-electron chi connectivity index (χ3n) is 13.6. The molecule has 1 unspecified atom stereocenters. The number of esters is 4. The van der Waals surface area contributed by atoms with Gasteiger partial charge < -0.3 is 61.9 Å². The number of azide groups is 2. The van der Waals surface area contributed by atoms with Gasteiger partial charge in [0, 0.05) is 49.6 Å². The highest BCUT2D eigenvalue weighted by Gasteiger charge is 2.58. The highest BCUT2D eigenvalue weighted by atomic mass is 16.8. The number of nitriles is 2. The molecule has 0 spiro atoms. The molecule has 444 valence electrons. The molecule has 6 saturated heterocycles. The molecule has 0 radical (unpaired) electrons. The first-order valence-corrected chi connectivity index (χ1v) is 26.4. The Labute approximate surface area is 466 Å². The minimum absolute atomic E-state index is 0.0463. The summed E-state index contributed by atoms with van der Waals surface area (Å²) in [5, 5.41) is 44.1. The Balaban J connectivity index is 0.000000276. The van der Waals surface area contributed by atoms with Gasteiger partial charge in [-0.25, -0.2) is 4.68 Å². The Kier molecular flexibility index (Phi) is 26.5. The number of aliphatic hydroxyl groups excluding tert-OH is 1. The third kappa shape index (κ3) is 18.4. The second-order valence-electron chi connectivity index (χ2n) is 20.6. The molecule has 6 fully saturated rings. The number of terminal acetylenes is 1. The molecule has 6 aliphatic heterocycles. The molecule has 0 bridgehead atoms. The average Bonchev–Trinajstić information content (AvgIpc) is 4.13. The Hall–Kier alpha value is -6.18. The van der Waals surface area contributed by atoms with Crippen LogP contribution >= 0.6 is 0 Å². The van der Waals surface area contributed by atoms with Crippen molar-refractivity contribution in [3.05, 3.63) is 32.8 Å². The van der Waals surface area contributed by atoms with E-state index in [0.29, 0.717) is 19.4 Å². The molecular weight excluding hydrogens is 1050 g/mol. The second kappa shape index (κ2) is 31.1. The lowest BCUT2D eigenvalue weighted by molar-refractivity contribution is -0.256. The van der Waals surface area contributed by atoms with Gasteiger partial charge in [0.2, 0.25) is 6.29 Å². The van der Waals surface area contributed by atoms with Gasteiger partial charge in [-0.3, -0.25) is 19.2 Å². The summed E-state index contributed by atoms with van der Waals surface area (Å²) in [4.78, 5) is 50.3. The van der Waals surface area contributed by atoms with E-state index in [4.69, 9.17) is 73.2 Å². The van der Waals surface area contributed by atoms with Gasteiger partial charge in [-0.1, -0.05) is 57.0 Å². The van der Waals surface area contributed by atoms with Crippen molar-refractivity contribution in [2.75, 3.05) is 6.61 Å². The van der Waals surface area contributed by atoms with Crippen LogP contribution in [0, 0.1) is 59.7 Å². The van der Waals surface area contributed by atoms with Crippen molar-refractivity contribution < 1.29 is 81.1 Å². The molecule has 7 heterocycles. The summed E-state index contributed by atoms with van der Waals surface area (Å²) in [6.45, 7) is 27.8. The first kappa shape index (κ1) is 68.1. The summed E-state index contributed by atoms with van der Waals surface area (Å²) in [5.74, 6) is -1.40. The SMILES string of the molecule is C#CC.CC1(C)O[C@H]2O[C@H]([C@H]3COC(C)(C)O3)[C@H](O)[C@H]2O1.CC[C@H]1OC(OC(C)=O)[C@H](OC(C)=O)[C@@H](N=[N+]=[N-])[C@H]1C.CC[C@H]1O[C@@H](C#N)[C@H](OC(C)=O)[C@@H](N=[N+]=[N-])[C@H]1C.CC[C@H]1O[C@@H](C#N)[C@H](OC(C)=O)[C@@H](n2cc(C)nn2)[C@H]1C. The van der Waals surface area contributed by atoms with Gasteiger partial charge in [0.05, 0.1) is 60.9 Å². The van der Waals surface area contributed by atoms with Crippen molar-refractivity contribution in [3.8, 4) is 24.5 Å². The largest absolute Gasteiger partial charge is 0.458 e. The second-order valence-corrected chi connectivity index (χ2v) is 20.6. The van der Waals surface area contributed by atoms with Crippen LogP contribution in [0.4, 0.5) is 0 Å². The van der Waals surface area contributed by atoms with Gasteiger partial charge in [0.15, 0.2) is 42.3 Å². The fourth-order valence-corrected chi connectivity index (χ4v) is 10.1. The fourth-order valence-electron chi connectivity index (χ4n) is 10.1. The zero-order valence-corrected chi connectivity index (χ0v) is 48.4. The maximum absolute atomic E-state index is 11.4. The lowest BCUT2D eigenvalue weighted by Crippen LogP contribution is -2.55. The van der Waals surface area contributed by atoms with Crippen molar-refractivity contribution >= 4 is 23.9 Å². The van der Waals surface area contributed by atoms with Crippen molar-refractivity contribution in [2.24, 2.45) is 28.0 Å². The lowest BCUT2D eigenvalue weighted by Gasteiger charge is -2.42. The highest BCUT2D eigenvalue weighted by molar-refractivity contribution is 5.67. The predicted octanol–water partition coefficient (Wildman–Crippen LogP) is 6.28. The molecule has 6 aliphatic rings. The standard InChI is InChI=1S/C14H20N4O3.C12H19N3O5.C12H20O6.C11H16N4O3.C3H4/c1-5-11-9(3)13(18-7-8(2)16-17-18)14(20-10(4)19)12(6-15)21-11;1-5-9-6(2)10(14-15-13)11(18-7(3)16)12(20-9)19-8(4)17;1-11(2)14-5-6(16-11)8-7(13)9-10(15-8)18-12(3,4)17-9;1-4-8-6(2)10(14-15-13)11(17-7(3)16)9(5-12)18-8;1-3-2/h7,9,11-14H,5H2,1-4H3;6,9-12H,5H2,1-4H3;6-10,13H,5H2,1-4H3;6,8-11H,4H2,1-3H3;1H,2H3/t9-,11+,12-,13-,14-;6-,9+,10-,11+,12?;6-,7+,8-,9-,10-;6-,8+,9-,10-,11-;/m0010./s1. The number of hydrogen-bond donors (Lipinski definition) is 1. The first-order valence-electron chi connectivity index (χ1n) is 26.4. The summed E-state index contributed by atoms with van der Waals surface area (Å²) in [5.41, 5.74) is 18.1. The maximum Gasteiger partial charge on any atom is 0.305 e. The minimum atomic E-state index is -1.06. The van der Waals surface area contributed by atoms with Crippen LogP contribution in [0.5, 0.6) is 0 Å². The molecule has 28 heteroatoms. The van der Waals surface area contributed by atoms with Crippen LogP contribution in [-0.2, 0) is 76.0 Å². The first-order chi connectivity index (χ1) is 37.6. The Morgan fingerprint density at radius 1 is 0.738 bits per heavy atom. The van der Waals surface area contributed by atoms with Crippen LogP contribution in [0.3, 0.4) is 0 Å². The molecule has 28 nitrogen and oxygen atoms in total. The summed E-state index contributed by atoms with van der Waals surface area (Å²) in [6.07, 6.45) is 0.237. The van der Waals surface area contributed by atoms with Crippen LogP contribution in [0.15, 0.2) is 16.4 Å². The maximum atomic E-state index is 11.4. The molecular formula is C52H79N11O17. The Morgan fingerprint density at radius 3 is 1.62 bits per heavy atom. The van der Waals surface area contributed by atoms with Crippen LogP contribution in [0.2, 0.25) is 0 Å². The molecule has 1 aromatic heterocycles. The smallest absolute Gasteiger partial charge is 0.305 e. The molecule has 80 heavy (non-hydrogen) atoms. The number of fused-ring (bicyclic) bond motifs is 1. The van der Waals surface area contributed by atoms with Crippen LogP contribution in [0.25, 0.3) is 20.9 Å². The van der Waals surface area contributed by atoms with Gasteiger partial charge in [-0.05, 0) is 83.7 Å². The van der Waals surface area contributed by atoms with E-state index >= 15 is 0 Å². The van der Waals surface area contributed by atoms with Crippen molar-refractivity contribution in [1.29, 1.82) is 10.5 Å². The molecule has 1 aromatic rings. The zero-order chi connectivity index (χ0) is 60.4. The van der Waals surface area contributed by atoms with Crippen LogP contribution in [0.1, 0.15) is 135 Å². The quantitative estimate of drug-likeness (QED) is 0.0636. The fraction of sp³-hybridized carbons (Fsp3) is 0.808. The molecule has 0 aromatic carbocycles. The third-order valence-corrected chi connectivity index (χ3v) is 13.6. The number of aromatic nitrogens is 3. The number of hydrogen-bond acceptors (Lipinski definition) is 23. The number of aliphatic hydroxyl groups is 1. The number of carbonyl (C=O) groups excluding carboxylic acids is 4. The van der Waals surface area contributed by atoms with Gasteiger partial charge in [0.25, 0.3) is 0 Å². The predicted molar refractivity (Wildman–Crippen MR) is 278 cm³/mol. The number of nitrogens with zero attached hydrogens (tertiary/aromatic N) is 11. The average molecular weight is 1130 g/mol. The van der Waals surface area contributed by atoms with Crippen molar-refractivity contribution in [3.63, 3.8) is 0 Å². The summed E-state index contributed by atoms with van der Waals surface area (Å²) in [7, 11) is 0. The van der Waals surface area contributed by atoms with Gasteiger partial charge in [-0.2, -0.15) is 10.5 Å². The number of aryl methyl sites for hydroxylation is 1. The van der Waals surface area contributed by atoms with E-state index in [1.54, 1.807) is 31.6 Å². The number of carbonyl (C=O) groups is 4. The van der Waals surface area contributed by atoms with E-state index in [9.17, 15) is 29.5 Å². The number of ether oxygens (including phenoxy) is 12. The van der Waals surface area contributed by atoms with Crippen LogP contribution in [-0.4, -0.2) is 160 Å². The highest BCUT2D eigenvalue weighted by Crippen LogP contribution is 2.41. The molecule has 0 saturated carbocycles. The van der Waals surface area contributed by atoms with Gasteiger partial charge >= 0.3 is 23.9 Å². The van der Waals surface area contributed by atoms with Crippen molar-refractivity contribution in [2.45, 2.75) is 246 Å². The van der Waals surface area contributed by atoms with E-state index in [1.165, 1.54) is 27.7 Å².